The summed E-state index contributed by atoms with van der Waals surface area (Å²) < 4.78 is 6.55. The maximum absolute atomic E-state index is 11.9. The lowest BCUT2D eigenvalue weighted by atomic mass is 10.0. The van der Waals surface area contributed by atoms with E-state index in [0.29, 0.717) is 13.0 Å². The molecule has 0 atom stereocenters. The smallest absolute Gasteiger partial charge is 0.161 e. The van der Waals surface area contributed by atoms with Crippen molar-refractivity contribution in [3.8, 4) is 5.75 Å². The third-order valence-corrected chi connectivity index (χ3v) is 3.90. The molecule has 0 radical (unpaired) electrons. The zero-order chi connectivity index (χ0) is 14.5. The highest BCUT2D eigenvalue weighted by Gasteiger charge is 2.18. The number of nitrogens with zero attached hydrogens (tertiary/aromatic N) is 1. The second-order valence-corrected chi connectivity index (χ2v) is 5.97. The molecule has 0 spiro atoms. The molecule has 1 aliphatic rings. The van der Waals surface area contributed by atoms with Gasteiger partial charge < -0.3 is 9.64 Å². The Bertz CT molecular complexity index is 525. The summed E-state index contributed by atoms with van der Waals surface area (Å²) in [5.74, 6) is 1.10. The first-order chi connectivity index (χ1) is 9.60. The Kier molecular flexibility index (Phi) is 5.38. The first kappa shape index (κ1) is 15.3. The van der Waals surface area contributed by atoms with Crippen molar-refractivity contribution in [2.45, 2.75) is 19.8 Å². The van der Waals surface area contributed by atoms with E-state index in [4.69, 9.17) is 4.74 Å². The highest BCUT2D eigenvalue weighted by Crippen LogP contribution is 2.27. The number of piperidine rings is 1. The summed E-state index contributed by atoms with van der Waals surface area (Å²) >= 11 is 3.52. The molecule has 3 nitrogen and oxygen atoms in total. The van der Waals surface area contributed by atoms with Gasteiger partial charge in [-0.3, -0.25) is 4.79 Å². The van der Waals surface area contributed by atoms with Crippen LogP contribution in [-0.2, 0) is 4.79 Å². The highest BCUT2D eigenvalue weighted by molar-refractivity contribution is 9.10. The van der Waals surface area contributed by atoms with Gasteiger partial charge >= 0.3 is 0 Å². The standard InChI is InChI=1S/C16H20BrNO2/c1-3-8-20-16-5-4-12(10-14(16)17)9-13-11-18(2)7-6-15(13)19/h4-5,9-10H,3,6-8,11H2,1-2H3/b13-9+. The molecule has 0 bridgehead atoms. The maximum Gasteiger partial charge on any atom is 0.161 e. The first-order valence-corrected chi connectivity index (χ1v) is 7.74. The van der Waals surface area contributed by atoms with Crippen LogP contribution in [0.4, 0.5) is 0 Å². The molecule has 1 aromatic rings. The zero-order valence-electron chi connectivity index (χ0n) is 12.0. The summed E-state index contributed by atoms with van der Waals surface area (Å²) in [6, 6.07) is 5.94. The van der Waals surface area contributed by atoms with Gasteiger partial charge in [-0.1, -0.05) is 13.0 Å². The van der Waals surface area contributed by atoms with Crippen LogP contribution in [0.3, 0.4) is 0 Å². The molecule has 1 heterocycles. The number of carbonyl (C=O) groups is 1. The van der Waals surface area contributed by atoms with Crippen molar-refractivity contribution in [2.75, 3.05) is 26.7 Å². The van der Waals surface area contributed by atoms with Crippen molar-refractivity contribution >= 4 is 27.8 Å². The van der Waals surface area contributed by atoms with Crippen molar-refractivity contribution in [1.29, 1.82) is 0 Å². The number of ether oxygens (including phenoxy) is 1. The van der Waals surface area contributed by atoms with E-state index in [2.05, 4.69) is 27.8 Å². The van der Waals surface area contributed by atoms with Gasteiger partial charge in [-0.05, 0) is 53.2 Å². The maximum atomic E-state index is 11.9. The number of likely N-dealkylation sites (tertiary alicyclic amines) is 1. The van der Waals surface area contributed by atoms with E-state index in [-0.39, 0.29) is 5.78 Å². The minimum absolute atomic E-state index is 0.255. The van der Waals surface area contributed by atoms with Crippen LogP contribution >= 0.6 is 15.9 Å². The SMILES string of the molecule is CCCOc1ccc(/C=C2\CN(C)CCC2=O)cc1Br. The van der Waals surface area contributed by atoms with Gasteiger partial charge in [0.05, 0.1) is 11.1 Å². The lowest BCUT2D eigenvalue weighted by Crippen LogP contribution is -2.32. The predicted octanol–water partition coefficient (Wildman–Crippen LogP) is 3.53. The summed E-state index contributed by atoms with van der Waals surface area (Å²) in [5, 5.41) is 0. The molecule has 0 aromatic heterocycles. The van der Waals surface area contributed by atoms with Gasteiger partial charge in [-0.15, -0.1) is 0 Å². The monoisotopic (exact) mass is 337 g/mol. The van der Waals surface area contributed by atoms with Gasteiger partial charge in [0.1, 0.15) is 5.75 Å². The Hall–Kier alpha value is -1.13. The molecule has 108 valence electrons. The van der Waals surface area contributed by atoms with Crippen LogP contribution < -0.4 is 4.74 Å². The van der Waals surface area contributed by atoms with Crippen LogP contribution in [0.15, 0.2) is 28.2 Å². The van der Waals surface area contributed by atoms with Crippen molar-refractivity contribution in [1.82, 2.24) is 4.90 Å². The van der Waals surface area contributed by atoms with Crippen molar-refractivity contribution in [2.24, 2.45) is 0 Å². The molecule has 0 unspecified atom stereocenters. The van der Waals surface area contributed by atoms with Crippen molar-refractivity contribution in [3.05, 3.63) is 33.8 Å². The number of Topliss-reactive ketones (excluding diaryl/α,β-unsaturated/α-hetero) is 1. The normalized spacial score (nSPS) is 18.6. The molecule has 0 amide bonds. The van der Waals surface area contributed by atoms with Crippen molar-refractivity contribution < 1.29 is 9.53 Å². The first-order valence-electron chi connectivity index (χ1n) is 6.95. The zero-order valence-corrected chi connectivity index (χ0v) is 13.6. The van der Waals surface area contributed by atoms with Gasteiger partial charge in [-0.2, -0.15) is 0 Å². The minimum atomic E-state index is 0.255. The Labute approximate surface area is 128 Å². The van der Waals surface area contributed by atoms with E-state index < -0.39 is 0 Å². The number of hydrogen-bond acceptors (Lipinski definition) is 3. The average molecular weight is 338 g/mol. The number of ketones is 1. The van der Waals surface area contributed by atoms with Crippen LogP contribution in [0.5, 0.6) is 5.75 Å². The molecule has 1 fully saturated rings. The molecule has 1 saturated heterocycles. The van der Waals surface area contributed by atoms with E-state index in [1.807, 2.05) is 31.3 Å². The molecule has 1 aliphatic heterocycles. The molecule has 2 rings (SSSR count). The van der Waals surface area contributed by atoms with Gasteiger partial charge in [0.25, 0.3) is 0 Å². The fourth-order valence-electron chi connectivity index (χ4n) is 2.17. The summed E-state index contributed by atoms with van der Waals surface area (Å²) in [7, 11) is 2.04. The lowest BCUT2D eigenvalue weighted by molar-refractivity contribution is -0.117. The van der Waals surface area contributed by atoms with Crippen LogP contribution in [0.2, 0.25) is 0 Å². The topological polar surface area (TPSA) is 29.5 Å². The second kappa shape index (κ2) is 7.04. The predicted molar refractivity (Wildman–Crippen MR) is 85.0 cm³/mol. The van der Waals surface area contributed by atoms with E-state index >= 15 is 0 Å². The van der Waals surface area contributed by atoms with Crippen molar-refractivity contribution in [3.63, 3.8) is 0 Å². The average Bonchev–Trinajstić information content (AvgIpc) is 2.42. The van der Waals surface area contributed by atoms with Crippen LogP contribution in [0, 0.1) is 0 Å². The Morgan fingerprint density at radius 1 is 1.45 bits per heavy atom. The third-order valence-electron chi connectivity index (χ3n) is 3.28. The van der Waals surface area contributed by atoms with Crippen LogP contribution in [0.1, 0.15) is 25.3 Å². The summed E-state index contributed by atoms with van der Waals surface area (Å²) in [5.41, 5.74) is 1.91. The number of halogens is 1. The lowest BCUT2D eigenvalue weighted by Gasteiger charge is -2.23. The Balaban J connectivity index is 2.16. The molecule has 1 aromatic carbocycles. The molecule has 0 aliphatic carbocycles. The Morgan fingerprint density at radius 3 is 2.95 bits per heavy atom. The molecule has 0 saturated carbocycles. The summed E-state index contributed by atoms with van der Waals surface area (Å²) in [6.07, 6.45) is 3.58. The van der Waals surface area contributed by atoms with Crippen LogP contribution in [0.25, 0.3) is 6.08 Å². The fraction of sp³-hybridized carbons (Fsp3) is 0.438. The number of carbonyl (C=O) groups excluding carboxylic acids is 1. The van der Waals surface area contributed by atoms with Gasteiger partial charge in [-0.25, -0.2) is 0 Å². The Morgan fingerprint density at radius 2 is 2.25 bits per heavy atom. The fourth-order valence-corrected chi connectivity index (χ4v) is 2.69. The molecular weight excluding hydrogens is 318 g/mol. The third kappa shape index (κ3) is 3.93. The summed E-state index contributed by atoms with van der Waals surface area (Å²) in [6.45, 7) is 4.37. The number of rotatable bonds is 4. The van der Waals surface area contributed by atoms with Gasteiger partial charge in [0.15, 0.2) is 5.78 Å². The van der Waals surface area contributed by atoms with E-state index in [1.165, 1.54) is 0 Å². The molecule has 0 N–H and O–H groups in total. The summed E-state index contributed by atoms with van der Waals surface area (Å²) in [4.78, 5) is 14.1. The van der Waals surface area contributed by atoms with Gasteiger partial charge in [0.2, 0.25) is 0 Å². The molecular formula is C16H20BrNO2. The quantitative estimate of drug-likeness (QED) is 0.787. The van der Waals surface area contributed by atoms with E-state index in [9.17, 15) is 4.79 Å². The van der Waals surface area contributed by atoms with Gasteiger partial charge in [0, 0.05) is 25.1 Å². The second-order valence-electron chi connectivity index (χ2n) is 5.12. The minimum Gasteiger partial charge on any atom is -0.492 e. The van der Waals surface area contributed by atoms with E-state index in [0.717, 1.165) is 40.9 Å². The largest absolute Gasteiger partial charge is 0.492 e. The molecule has 20 heavy (non-hydrogen) atoms. The van der Waals surface area contributed by atoms with Crippen LogP contribution in [-0.4, -0.2) is 37.4 Å². The number of hydrogen-bond donors (Lipinski definition) is 0. The van der Waals surface area contributed by atoms with E-state index in [1.54, 1.807) is 0 Å². The number of benzene rings is 1. The highest BCUT2D eigenvalue weighted by atomic mass is 79.9. The molecule has 4 heteroatoms. The number of likely N-dealkylation sites (N-methyl/N-ethyl adjacent to an activating group) is 1.